The van der Waals surface area contributed by atoms with Gasteiger partial charge in [0.2, 0.25) is 0 Å². The normalized spacial score (nSPS) is 24.8. The number of carbonyl (C=O) groups excluding carboxylic acids is 2. The minimum absolute atomic E-state index is 0.00938. The monoisotopic (exact) mass is 348 g/mol. The maximum absolute atomic E-state index is 13.0. The van der Waals surface area contributed by atoms with E-state index in [2.05, 4.69) is 10.6 Å². The lowest BCUT2D eigenvalue weighted by atomic mass is 9.75. The third-order valence-corrected chi connectivity index (χ3v) is 5.06. The van der Waals surface area contributed by atoms with Crippen molar-refractivity contribution in [1.82, 2.24) is 10.6 Å². The topological polar surface area (TPSA) is 67.4 Å². The van der Waals surface area contributed by atoms with Crippen molar-refractivity contribution in [2.45, 2.75) is 18.4 Å². The molecule has 1 saturated heterocycles. The SMILES string of the molecule is COc1ccc([C@H]2NC(=O)NC3=C[C@@H](c4ccccc4)CC(=O)[C@@H]32)cc1. The van der Waals surface area contributed by atoms with E-state index in [1.807, 2.05) is 60.7 Å². The molecule has 5 nitrogen and oxygen atoms in total. The second-order valence-electron chi connectivity index (χ2n) is 6.64. The minimum atomic E-state index is -0.388. The van der Waals surface area contributed by atoms with Crippen LogP contribution in [0.15, 0.2) is 66.4 Å². The summed E-state index contributed by atoms with van der Waals surface area (Å²) in [6.07, 6.45) is 2.46. The fraction of sp³-hybridized carbons (Fsp3) is 0.238. The van der Waals surface area contributed by atoms with Crippen LogP contribution in [0.3, 0.4) is 0 Å². The summed E-state index contributed by atoms with van der Waals surface area (Å²) in [6, 6.07) is 16.7. The van der Waals surface area contributed by atoms with Gasteiger partial charge in [0, 0.05) is 18.0 Å². The molecule has 0 saturated carbocycles. The Bertz CT molecular complexity index is 859. The van der Waals surface area contributed by atoms with Crippen LogP contribution in [0.25, 0.3) is 0 Å². The average molecular weight is 348 g/mol. The van der Waals surface area contributed by atoms with Gasteiger partial charge in [-0.2, -0.15) is 0 Å². The van der Waals surface area contributed by atoms with E-state index in [1.165, 1.54) is 0 Å². The number of benzene rings is 2. The van der Waals surface area contributed by atoms with Crippen LogP contribution in [-0.4, -0.2) is 18.9 Å². The Labute approximate surface area is 152 Å². The Kier molecular flexibility index (Phi) is 4.21. The lowest BCUT2D eigenvalue weighted by Gasteiger charge is -2.38. The van der Waals surface area contributed by atoms with Crippen molar-refractivity contribution in [1.29, 1.82) is 0 Å². The van der Waals surface area contributed by atoms with Crippen molar-refractivity contribution in [3.63, 3.8) is 0 Å². The van der Waals surface area contributed by atoms with E-state index >= 15 is 0 Å². The van der Waals surface area contributed by atoms with Crippen LogP contribution in [0.4, 0.5) is 4.79 Å². The van der Waals surface area contributed by atoms with Gasteiger partial charge in [0.05, 0.1) is 19.1 Å². The number of carbonyl (C=O) groups is 2. The van der Waals surface area contributed by atoms with Gasteiger partial charge in [0.1, 0.15) is 11.5 Å². The molecule has 2 aromatic carbocycles. The maximum atomic E-state index is 13.0. The number of nitrogens with one attached hydrogen (secondary N) is 2. The molecule has 0 unspecified atom stereocenters. The van der Waals surface area contributed by atoms with Gasteiger partial charge in [0.15, 0.2) is 0 Å². The molecule has 26 heavy (non-hydrogen) atoms. The predicted molar refractivity (Wildman–Crippen MR) is 97.8 cm³/mol. The van der Waals surface area contributed by atoms with E-state index in [0.29, 0.717) is 12.1 Å². The van der Waals surface area contributed by atoms with Crippen LogP contribution in [0.1, 0.15) is 29.5 Å². The number of rotatable bonds is 3. The highest BCUT2D eigenvalue weighted by Gasteiger charge is 2.41. The summed E-state index contributed by atoms with van der Waals surface area (Å²) in [5.74, 6) is 0.472. The minimum Gasteiger partial charge on any atom is -0.497 e. The summed E-state index contributed by atoms with van der Waals surface area (Å²) < 4.78 is 5.19. The highest BCUT2D eigenvalue weighted by atomic mass is 16.5. The average Bonchev–Trinajstić information content (AvgIpc) is 2.67. The highest BCUT2D eigenvalue weighted by molar-refractivity contribution is 5.91. The molecule has 1 aliphatic carbocycles. The first-order valence-electron chi connectivity index (χ1n) is 8.66. The largest absolute Gasteiger partial charge is 0.497 e. The van der Waals surface area contributed by atoms with E-state index in [9.17, 15) is 9.59 Å². The number of methoxy groups -OCH3 is 1. The zero-order chi connectivity index (χ0) is 18.1. The number of urea groups is 1. The zero-order valence-electron chi connectivity index (χ0n) is 14.4. The molecule has 2 aromatic rings. The third-order valence-electron chi connectivity index (χ3n) is 5.06. The molecular weight excluding hydrogens is 328 g/mol. The summed E-state index contributed by atoms with van der Waals surface area (Å²) in [5, 5.41) is 5.74. The molecule has 1 heterocycles. The fourth-order valence-corrected chi connectivity index (χ4v) is 3.77. The van der Waals surface area contributed by atoms with E-state index in [1.54, 1.807) is 7.11 Å². The molecule has 132 valence electrons. The third kappa shape index (κ3) is 2.96. The van der Waals surface area contributed by atoms with Gasteiger partial charge in [-0.05, 0) is 23.3 Å². The molecule has 0 spiro atoms. The van der Waals surface area contributed by atoms with Crippen LogP contribution in [0, 0.1) is 5.92 Å². The molecule has 2 amide bonds. The van der Waals surface area contributed by atoms with Crippen molar-refractivity contribution < 1.29 is 14.3 Å². The lowest BCUT2D eigenvalue weighted by molar-refractivity contribution is -0.123. The van der Waals surface area contributed by atoms with Gasteiger partial charge in [-0.15, -0.1) is 0 Å². The van der Waals surface area contributed by atoms with Crippen molar-refractivity contribution in [3.05, 3.63) is 77.5 Å². The predicted octanol–water partition coefficient (Wildman–Crippen LogP) is 3.31. The first-order chi connectivity index (χ1) is 12.7. The van der Waals surface area contributed by atoms with Gasteiger partial charge < -0.3 is 15.4 Å². The van der Waals surface area contributed by atoms with Gasteiger partial charge in [-0.1, -0.05) is 48.5 Å². The van der Waals surface area contributed by atoms with E-state index in [4.69, 9.17) is 4.74 Å². The molecule has 0 aromatic heterocycles. The Balaban J connectivity index is 1.69. The smallest absolute Gasteiger partial charge is 0.319 e. The van der Waals surface area contributed by atoms with Gasteiger partial charge in [0.25, 0.3) is 0 Å². The number of amides is 2. The maximum Gasteiger partial charge on any atom is 0.319 e. The van der Waals surface area contributed by atoms with Crippen molar-refractivity contribution in [3.8, 4) is 5.75 Å². The zero-order valence-corrected chi connectivity index (χ0v) is 14.4. The number of hydrogen-bond acceptors (Lipinski definition) is 3. The second kappa shape index (κ2) is 6.67. The summed E-state index contributed by atoms with van der Waals surface area (Å²) in [7, 11) is 1.61. The summed E-state index contributed by atoms with van der Waals surface area (Å²) >= 11 is 0. The van der Waals surface area contributed by atoms with Gasteiger partial charge >= 0.3 is 6.03 Å². The molecule has 3 atom stereocenters. The summed E-state index contributed by atoms with van der Waals surface area (Å²) in [5.41, 5.74) is 2.67. The van der Waals surface area contributed by atoms with Crippen LogP contribution < -0.4 is 15.4 Å². The van der Waals surface area contributed by atoms with Crippen LogP contribution in [0.2, 0.25) is 0 Å². The molecular formula is C21H20N2O3. The van der Waals surface area contributed by atoms with Crippen LogP contribution in [-0.2, 0) is 4.79 Å². The number of allylic oxidation sites excluding steroid dienone is 1. The quantitative estimate of drug-likeness (QED) is 0.894. The lowest BCUT2D eigenvalue weighted by Crippen LogP contribution is -2.52. The molecule has 0 radical (unpaired) electrons. The van der Waals surface area contributed by atoms with Crippen molar-refractivity contribution in [2.75, 3.05) is 7.11 Å². The first-order valence-corrected chi connectivity index (χ1v) is 8.66. The van der Waals surface area contributed by atoms with Crippen molar-refractivity contribution in [2.24, 2.45) is 5.92 Å². The van der Waals surface area contributed by atoms with Crippen LogP contribution >= 0.6 is 0 Å². The Morgan fingerprint density at radius 2 is 1.69 bits per heavy atom. The Hall–Kier alpha value is -3.08. The van der Waals surface area contributed by atoms with Crippen molar-refractivity contribution >= 4 is 11.8 Å². The second-order valence-corrected chi connectivity index (χ2v) is 6.64. The number of fused-ring (bicyclic) bond motifs is 1. The molecule has 1 fully saturated rings. The highest BCUT2D eigenvalue weighted by Crippen LogP contribution is 2.39. The molecule has 0 bridgehead atoms. The van der Waals surface area contributed by atoms with E-state index < -0.39 is 0 Å². The van der Waals surface area contributed by atoms with E-state index in [0.717, 1.165) is 16.9 Å². The van der Waals surface area contributed by atoms with Crippen LogP contribution in [0.5, 0.6) is 5.75 Å². The molecule has 2 aliphatic rings. The number of ketones is 1. The summed E-state index contributed by atoms with van der Waals surface area (Å²) in [6.45, 7) is 0. The fourth-order valence-electron chi connectivity index (χ4n) is 3.77. The molecule has 1 aliphatic heterocycles. The van der Waals surface area contributed by atoms with E-state index in [-0.39, 0.29) is 29.7 Å². The number of Topliss-reactive ketones (excluding diaryl/α,β-unsaturated/α-hetero) is 1. The van der Waals surface area contributed by atoms with Gasteiger partial charge in [-0.25, -0.2) is 4.79 Å². The molecule has 4 rings (SSSR count). The Morgan fingerprint density at radius 1 is 0.962 bits per heavy atom. The molecule has 2 N–H and O–H groups in total. The van der Waals surface area contributed by atoms with Gasteiger partial charge in [-0.3, -0.25) is 4.79 Å². The standard InChI is InChI=1S/C21H20N2O3/c1-26-16-9-7-14(8-10-16)20-19-17(22-21(25)23-20)11-15(12-18(19)24)13-5-3-2-4-6-13/h2-11,15,19-20H,12H2,1H3,(H2,22,23,25)/t15-,19-,20-/m1/s1. The molecule has 5 heteroatoms. The summed E-state index contributed by atoms with van der Waals surface area (Å²) in [4.78, 5) is 25.1. The Morgan fingerprint density at radius 3 is 2.38 bits per heavy atom. The number of hydrogen-bond donors (Lipinski definition) is 2. The first kappa shape index (κ1) is 16.4. The number of ether oxygens (including phenoxy) is 1.